The van der Waals surface area contributed by atoms with Crippen LogP contribution in [0.4, 0.5) is 8.78 Å². The molecule has 2 saturated heterocycles. The molecule has 0 aromatic heterocycles. The molecule has 1 atom stereocenters. The van der Waals surface area contributed by atoms with Gasteiger partial charge in [0.2, 0.25) is 5.91 Å². The van der Waals surface area contributed by atoms with Crippen LogP contribution in [-0.4, -0.2) is 67.6 Å². The number of likely N-dealkylation sites (tertiary alicyclic amines) is 1. The third kappa shape index (κ3) is 5.85. The highest BCUT2D eigenvalue weighted by molar-refractivity contribution is 6.31. The summed E-state index contributed by atoms with van der Waals surface area (Å²) in [6.45, 7) is 3.08. The number of halogens is 3. The van der Waals surface area contributed by atoms with Gasteiger partial charge in [-0.05, 0) is 55.3 Å². The van der Waals surface area contributed by atoms with Gasteiger partial charge in [-0.3, -0.25) is 9.59 Å². The van der Waals surface area contributed by atoms with Crippen molar-refractivity contribution < 1.29 is 27.8 Å². The van der Waals surface area contributed by atoms with E-state index >= 15 is 0 Å². The highest BCUT2D eigenvalue weighted by Gasteiger charge is 2.41. The predicted molar refractivity (Wildman–Crippen MR) is 123 cm³/mol. The summed E-state index contributed by atoms with van der Waals surface area (Å²) < 4.78 is 38.2. The second kappa shape index (κ2) is 10.7. The lowest BCUT2D eigenvalue weighted by molar-refractivity contribution is -0.139. The molecule has 0 N–H and O–H groups in total. The topological polar surface area (TPSA) is 59.1 Å². The van der Waals surface area contributed by atoms with Gasteiger partial charge < -0.3 is 19.3 Å². The van der Waals surface area contributed by atoms with Crippen molar-refractivity contribution in [2.45, 2.75) is 19.3 Å². The lowest BCUT2D eigenvalue weighted by atomic mass is 9.77. The summed E-state index contributed by atoms with van der Waals surface area (Å²) in [7, 11) is 0. The molecule has 2 aromatic carbocycles. The number of ether oxygens (including phenoxy) is 2. The normalized spacial score (nSPS) is 20.8. The second-order valence-corrected chi connectivity index (χ2v) is 9.28. The summed E-state index contributed by atoms with van der Waals surface area (Å²) in [6.07, 6.45) is 1.59. The Hall–Kier alpha value is -2.71. The van der Waals surface area contributed by atoms with E-state index in [4.69, 9.17) is 21.1 Å². The van der Waals surface area contributed by atoms with Crippen LogP contribution in [0.1, 0.15) is 29.6 Å². The van der Waals surface area contributed by atoms with E-state index in [1.165, 1.54) is 30.3 Å². The number of benzene rings is 2. The zero-order valence-electron chi connectivity index (χ0n) is 18.8. The minimum atomic E-state index is -0.624. The summed E-state index contributed by atoms with van der Waals surface area (Å²) in [5.74, 6) is -0.739. The highest BCUT2D eigenvalue weighted by atomic mass is 35.5. The number of hydrogen-bond donors (Lipinski definition) is 0. The number of carbonyl (C=O) groups is 2. The van der Waals surface area contributed by atoms with Crippen molar-refractivity contribution in [3.05, 3.63) is 64.7 Å². The highest BCUT2D eigenvalue weighted by Crippen LogP contribution is 2.36. The summed E-state index contributed by atoms with van der Waals surface area (Å²) in [6, 6.07) is 9.62. The maximum absolute atomic E-state index is 13.6. The monoisotopic (exact) mass is 492 g/mol. The van der Waals surface area contributed by atoms with Crippen LogP contribution in [0.15, 0.2) is 42.5 Å². The van der Waals surface area contributed by atoms with Crippen LogP contribution in [0.25, 0.3) is 0 Å². The summed E-state index contributed by atoms with van der Waals surface area (Å²) in [5.41, 5.74) is -0.331. The average molecular weight is 493 g/mol. The molecule has 0 spiro atoms. The largest absolute Gasteiger partial charge is 0.493 e. The molecule has 9 heteroatoms. The third-order valence-electron chi connectivity index (χ3n) is 6.36. The van der Waals surface area contributed by atoms with Crippen LogP contribution < -0.4 is 4.74 Å². The van der Waals surface area contributed by atoms with Gasteiger partial charge in [-0.25, -0.2) is 8.78 Å². The average Bonchev–Trinajstić information content (AvgIpc) is 2.85. The van der Waals surface area contributed by atoms with Gasteiger partial charge in [0, 0.05) is 43.6 Å². The first-order valence-electron chi connectivity index (χ1n) is 11.3. The van der Waals surface area contributed by atoms with Crippen LogP contribution in [0.2, 0.25) is 5.02 Å². The van der Waals surface area contributed by atoms with Gasteiger partial charge in [-0.15, -0.1) is 0 Å². The zero-order valence-corrected chi connectivity index (χ0v) is 19.5. The molecule has 0 bridgehead atoms. The first kappa shape index (κ1) is 24.4. The van der Waals surface area contributed by atoms with E-state index in [0.29, 0.717) is 63.5 Å². The number of nitrogens with zero attached hydrogens (tertiary/aromatic N) is 2. The van der Waals surface area contributed by atoms with Crippen LogP contribution >= 0.6 is 11.6 Å². The van der Waals surface area contributed by atoms with E-state index in [2.05, 4.69) is 0 Å². The van der Waals surface area contributed by atoms with Crippen LogP contribution in [0.3, 0.4) is 0 Å². The molecular formula is C25H27ClF2N2O4. The molecule has 6 nitrogen and oxygen atoms in total. The zero-order chi connectivity index (χ0) is 24.1. The van der Waals surface area contributed by atoms with Gasteiger partial charge in [0.25, 0.3) is 5.91 Å². The Morgan fingerprint density at radius 2 is 1.76 bits per heavy atom. The fourth-order valence-electron chi connectivity index (χ4n) is 4.52. The van der Waals surface area contributed by atoms with Crippen molar-refractivity contribution in [3.8, 4) is 5.75 Å². The van der Waals surface area contributed by atoms with Crippen molar-refractivity contribution in [3.63, 3.8) is 0 Å². The minimum Gasteiger partial charge on any atom is -0.493 e. The van der Waals surface area contributed by atoms with Gasteiger partial charge in [0.05, 0.1) is 24.8 Å². The van der Waals surface area contributed by atoms with Crippen molar-refractivity contribution in [2.75, 3.05) is 46.0 Å². The predicted octanol–water partition coefficient (Wildman–Crippen LogP) is 4.17. The minimum absolute atomic E-state index is 0.00914. The molecule has 0 radical (unpaired) electrons. The van der Waals surface area contributed by atoms with Crippen LogP contribution in [0.5, 0.6) is 5.75 Å². The third-order valence-corrected chi connectivity index (χ3v) is 6.65. The molecule has 0 aliphatic carbocycles. The molecule has 1 unspecified atom stereocenters. The van der Waals surface area contributed by atoms with Gasteiger partial charge in [-0.2, -0.15) is 0 Å². The molecule has 2 fully saturated rings. The number of rotatable bonds is 6. The molecule has 34 heavy (non-hydrogen) atoms. The molecule has 2 aliphatic heterocycles. The van der Waals surface area contributed by atoms with Gasteiger partial charge in [0.1, 0.15) is 17.4 Å². The van der Waals surface area contributed by atoms with Gasteiger partial charge >= 0.3 is 0 Å². The first-order valence-corrected chi connectivity index (χ1v) is 11.7. The quantitative estimate of drug-likeness (QED) is 0.607. The summed E-state index contributed by atoms with van der Waals surface area (Å²) in [4.78, 5) is 29.8. The Morgan fingerprint density at radius 1 is 1.03 bits per heavy atom. The Bertz CT molecular complexity index is 1030. The molecule has 2 heterocycles. The van der Waals surface area contributed by atoms with Crippen LogP contribution in [0, 0.1) is 17.0 Å². The first-order chi connectivity index (χ1) is 16.3. The van der Waals surface area contributed by atoms with E-state index in [1.807, 2.05) is 0 Å². The smallest absolute Gasteiger partial charge is 0.253 e. The number of piperidine rings is 1. The fraction of sp³-hybridized carbons (Fsp3) is 0.440. The fourth-order valence-corrected chi connectivity index (χ4v) is 4.70. The second-order valence-electron chi connectivity index (χ2n) is 8.87. The van der Waals surface area contributed by atoms with Gasteiger partial charge in [-0.1, -0.05) is 11.6 Å². The van der Waals surface area contributed by atoms with Crippen molar-refractivity contribution >= 4 is 23.4 Å². The lowest BCUT2D eigenvalue weighted by Gasteiger charge is -2.43. The van der Waals surface area contributed by atoms with Crippen molar-refractivity contribution in [2.24, 2.45) is 5.41 Å². The molecule has 2 aliphatic rings. The maximum atomic E-state index is 13.6. The number of morpholine rings is 1. The number of carbonyl (C=O) groups excluding carboxylic acids is 2. The molecule has 0 saturated carbocycles. The Morgan fingerprint density at radius 3 is 2.47 bits per heavy atom. The molecular weight excluding hydrogens is 466 g/mol. The molecule has 2 aromatic rings. The van der Waals surface area contributed by atoms with Crippen molar-refractivity contribution in [1.29, 1.82) is 0 Å². The van der Waals surface area contributed by atoms with E-state index in [1.54, 1.807) is 21.9 Å². The standard InChI is InChI=1S/C25H27ClF2N2O4/c26-21-14-18(2-7-22(21)28)24(32)30-9-1-8-25(16-30,15-23(31)29-10-12-33-13-11-29)17-34-20-5-3-19(27)4-6-20/h2-7,14H,1,8-13,15-17H2. The van der Waals surface area contributed by atoms with E-state index < -0.39 is 11.2 Å². The van der Waals surface area contributed by atoms with E-state index in [-0.39, 0.29) is 35.7 Å². The Balaban J connectivity index is 1.53. The van der Waals surface area contributed by atoms with Crippen LogP contribution in [-0.2, 0) is 9.53 Å². The summed E-state index contributed by atoms with van der Waals surface area (Å²) >= 11 is 5.88. The summed E-state index contributed by atoms with van der Waals surface area (Å²) in [5, 5.41) is -0.115. The number of amides is 2. The SMILES string of the molecule is O=C(CC1(COc2ccc(F)cc2)CCCN(C(=O)c2ccc(F)c(Cl)c2)C1)N1CCOCC1. The Labute approximate surface area is 202 Å². The molecule has 2 amide bonds. The molecule has 4 rings (SSSR count). The van der Waals surface area contributed by atoms with E-state index in [9.17, 15) is 18.4 Å². The lowest BCUT2D eigenvalue weighted by Crippen LogP contribution is -2.52. The molecule has 182 valence electrons. The number of hydrogen-bond acceptors (Lipinski definition) is 4. The van der Waals surface area contributed by atoms with E-state index in [0.717, 1.165) is 0 Å². The van der Waals surface area contributed by atoms with Crippen molar-refractivity contribution in [1.82, 2.24) is 9.80 Å². The van der Waals surface area contributed by atoms with Gasteiger partial charge in [0.15, 0.2) is 0 Å². The maximum Gasteiger partial charge on any atom is 0.253 e. The Kier molecular flexibility index (Phi) is 7.68.